The molecular weight excluding hydrogens is 595 g/mol. The summed E-state index contributed by atoms with van der Waals surface area (Å²) in [5.41, 5.74) is 4.91. The molecule has 2 aliphatic rings. The van der Waals surface area contributed by atoms with Crippen molar-refractivity contribution in [2.24, 2.45) is 0 Å². The lowest BCUT2D eigenvalue weighted by atomic mass is 9.77. The zero-order chi connectivity index (χ0) is 24.2. The number of hydrogen-bond acceptors (Lipinski definition) is 6. The number of halogens is 2. The van der Waals surface area contributed by atoms with Crippen LogP contribution in [0.3, 0.4) is 0 Å². The van der Waals surface area contributed by atoms with Gasteiger partial charge in [-0.25, -0.2) is 0 Å². The summed E-state index contributed by atoms with van der Waals surface area (Å²) in [7, 11) is 8.79. The molecule has 0 radical (unpaired) electrons. The molecule has 7 nitrogen and oxygen atoms in total. The zero-order valence-corrected chi connectivity index (χ0v) is 24.9. The molecule has 1 atom stereocenters. The Morgan fingerprint density at radius 1 is 0.889 bits per heavy atom. The Hall–Kier alpha value is -1.91. The molecule has 0 saturated heterocycles. The van der Waals surface area contributed by atoms with E-state index in [1.54, 1.807) is 28.4 Å². The third kappa shape index (κ3) is 6.50. The molecule has 4 rings (SSSR count). The zero-order valence-electron chi connectivity index (χ0n) is 21.8. The maximum atomic E-state index is 12.9. The van der Waals surface area contributed by atoms with E-state index in [0.717, 1.165) is 68.3 Å². The molecular formula is C27H38ClIN2O5. The van der Waals surface area contributed by atoms with Crippen LogP contribution in [0.2, 0.25) is 0 Å². The maximum absolute atomic E-state index is 12.9. The van der Waals surface area contributed by atoms with Crippen LogP contribution in [0, 0.1) is 0 Å². The molecule has 1 amide bonds. The molecule has 200 valence electrons. The van der Waals surface area contributed by atoms with Gasteiger partial charge in [0.2, 0.25) is 5.91 Å². The quantitative estimate of drug-likeness (QED) is 0.363. The van der Waals surface area contributed by atoms with Gasteiger partial charge in [0.05, 0.1) is 34.9 Å². The average Bonchev–Trinajstić information content (AvgIpc) is 2.98. The number of amides is 1. The molecule has 1 heterocycles. The molecule has 2 aromatic rings. The van der Waals surface area contributed by atoms with Gasteiger partial charge in [-0.3, -0.25) is 4.79 Å². The van der Waals surface area contributed by atoms with Crippen molar-refractivity contribution in [3.05, 3.63) is 46.5 Å². The van der Waals surface area contributed by atoms with Crippen molar-refractivity contribution in [3.8, 4) is 23.0 Å². The number of hydrogen-bond donors (Lipinski definition) is 0. The first-order valence-corrected chi connectivity index (χ1v) is 11.9. The smallest absolute Gasteiger partial charge is 0.227 e. The minimum Gasteiger partial charge on any atom is -0.493 e. The number of ether oxygens (including phenoxy) is 4. The van der Waals surface area contributed by atoms with E-state index in [2.05, 4.69) is 24.1 Å². The van der Waals surface area contributed by atoms with E-state index in [0.29, 0.717) is 18.1 Å². The van der Waals surface area contributed by atoms with Crippen LogP contribution in [0.15, 0.2) is 24.3 Å². The van der Waals surface area contributed by atoms with Crippen LogP contribution >= 0.6 is 36.4 Å². The maximum Gasteiger partial charge on any atom is 0.227 e. The standard InChI is InChI=1S/C27H36N2O5.ClH.HI/c1-28(17-21-11-20-14-25(33-4)26(34-5)16-22(20)21)8-6-9-29-10-7-18-12-23(31-2)24(32-3)13-19(18)15-27(29)30;;/h12-14,16,21H,6-11,15,17H2,1-5H3;2*1H/t21-;;/m1../s1. The van der Waals surface area contributed by atoms with Crippen LogP contribution < -0.4 is 18.9 Å². The fraction of sp³-hybridized carbons (Fsp3) is 0.519. The van der Waals surface area contributed by atoms with Gasteiger partial charge < -0.3 is 28.7 Å². The van der Waals surface area contributed by atoms with Gasteiger partial charge in [0.15, 0.2) is 23.0 Å². The Bertz CT molecular complexity index is 1050. The Kier molecular flexibility index (Phi) is 11.4. The van der Waals surface area contributed by atoms with Crippen molar-refractivity contribution in [2.45, 2.75) is 31.6 Å². The summed E-state index contributed by atoms with van der Waals surface area (Å²) in [5, 5.41) is 0. The van der Waals surface area contributed by atoms with Gasteiger partial charge >= 0.3 is 0 Å². The summed E-state index contributed by atoms with van der Waals surface area (Å²) < 4.78 is 21.7. The van der Waals surface area contributed by atoms with Gasteiger partial charge in [-0.1, -0.05) is 0 Å². The topological polar surface area (TPSA) is 60.5 Å². The van der Waals surface area contributed by atoms with Crippen LogP contribution in [-0.4, -0.2) is 77.4 Å². The van der Waals surface area contributed by atoms with E-state index >= 15 is 0 Å². The Balaban J connectivity index is 0.00000228. The van der Waals surface area contributed by atoms with Crippen LogP contribution in [0.4, 0.5) is 0 Å². The molecule has 0 spiro atoms. The average molecular weight is 633 g/mol. The number of fused-ring (bicyclic) bond motifs is 2. The van der Waals surface area contributed by atoms with Gasteiger partial charge in [-0.05, 0) is 79.4 Å². The summed E-state index contributed by atoms with van der Waals surface area (Å²) in [6.07, 6.45) is 3.27. The summed E-state index contributed by atoms with van der Waals surface area (Å²) in [5.74, 6) is 3.69. The highest BCUT2D eigenvalue weighted by molar-refractivity contribution is 14.0. The lowest BCUT2D eigenvalue weighted by Crippen LogP contribution is -2.36. The van der Waals surface area contributed by atoms with Crippen molar-refractivity contribution in [1.82, 2.24) is 9.80 Å². The van der Waals surface area contributed by atoms with E-state index in [1.165, 1.54) is 16.7 Å². The van der Waals surface area contributed by atoms with Crippen LogP contribution in [-0.2, 0) is 24.1 Å². The molecule has 9 heteroatoms. The van der Waals surface area contributed by atoms with Gasteiger partial charge in [0.25, 0.3) is 0 Å². The summed E-state index contributed by atoms with van der Waals surface area (Å²) in [6.45, 7) is 3.47. The molecule has 2 aromatic carbocycles. The van der Waals surface area contributed by atoms with Gasteiger partial charge in [0.1, 0.15) is 0 Å². The number of likely N-dealkylation sites (N-methyl/N-ethyl adjacent to an activating group) is 1. The first kappa shape index (κ1) is 30.3. The molecule has 0 aromatic heterocycles. The third-order valence-corrected chi connectivity index (χ3v) is 7.10. The van der Waals surface area contributed by atoms with Crippen molar-refractivity contribution in [2.75, 3.05) is 61.7 Å². The van der Waals surface area contributed by atoms with Gasteiger partial charge in [-0.15, -0.1) is 36.4 Å². The number of methoxy groups -OCH3 is 4. The van der Waals surface area contributed by atoms with E-state index in [4.69, 9.17) is 18.9 Å². The molecule has 0 unspecified atom stereocenters. The third-order valence-electron chi connectivity index (χ3n) is 7.10. The molecule has 0 N–H and O–H groups in total. The Morgan fingerprint density at radius 2 is 1.44 bits per heavy atom. The second kappa shape index (κ2) is 13.6. The molecule has 1 aliphatic heterocycles. The first-order chi connectivity index (χ1) is 16.5. The minimum absolute atomic E-state index is 0. The number of carbonyl (C=O) groups is 1. The first-order valence-electron chi connectivity index (χ1n) is 11.9. The Morgan fingerprint density at radius 3 is 2.06 bits per heavy atom. The lowest BCUT2D eigenvalue weighted by Gasteiger charge is -2.34. The van der Waals surface area contributed by atoms with E-state index < -0.39 is 0 Å². The van der Waals surface area contributed by atoms with Crippen molar-refractivity contribution >= 4 is 42.3 Å². The molecule has 36 heavy (non-hydrogen) atoms. The highest BCUT2D eigenvalue weighted by atomic mass is 127. The molecule has 0 fully saturated rings. The normalized spacial score (nSPS) is 16.0. The lowest BCUT2D eigenvalue weighted by molar-refractivity contribution is -0.130. The summed E-state index contributed by atoms with van der Waals surface area (Å²) >= 11 is 0. The summed E-state index contributed by atoms with van der Waals surface area (Å²) in [6, 6.07) is 8.18. The number of benzene rings is 2. The summed E-state index contributed by atoms with van der Waals surface area (Å²) in [4.78, 5) is 17.3. The SMILES string of the molecule is COc1cc2c(cc1OC)CC(=O)N(CCCN(C)C[C@H]1Cc3cc(OC)c(OC)cc31)CC2.Cl.I. The van der Waals surface area contributed by atoms with Crippen LogP contribution in [0.25, 0.3) is 0 Å². The fourth-order valence-corrected chi connectivity index (χ4v) is 5.15. The van der Waals surface area contributed by atoms with Crippen molar-refractivity contribution in [1.29, 1.82) is 0 Å². The second-order valence-corrected chi connectivity index (χ2v) is 9.21. The number of carbonyl (C=O) groups excluding carboxylic acids is 1. The number of nitrogens with zero attached hydrogens (tertiary/aromatic N) is 2. The Labute approximate surface area is 237 Å². The van der Waals surface area contributed by atoms with Crippen molar-refractivity contribution in [3.63, 3.8) is 0 Å². The predicted octanol–water partition coefficient (Wildman–Crippen LogP) is 4.35. The van der Waals surface area contributed by atoms with E-state index in [-0.39, 0.29) is 42.3 Å². The molecule has 0 saturated carbocycles. The van der Waals surface area contributed by atoms with Crippen LogP contribution in [0.5, 0.6) is 23.0 Å². The molecule has 1 aliphatic carbocycles. The highest BCUT2D eigenvalue weighted by Crippen LogP contribution is 2.42. The second-order valence-electron chi connectivity index (χ2n) is 9.21. The van der Waals surface area contributed by atoms with Crippen LogP contribution in [0.1, 0.15) is 34.6 Å². The highest BCUT2D eigenvalue weighted by Gasteiger charge is 2.29. The van der Waals surface area contributed by atoms with Gasteiger partial charge in [-0.2, -0.15) is 0 Å². The monoisotopic (exact) mass is 632 g/mol. The fourth-order valence-electron chi connectivity index (χ4n) is 5.15. The van der Waals surface area contributed by atoms with E-state index in [9.17, 15) is 4.79 Å². The molecule has 0 bridgehead atoms. The minimum atomic E-state index is 0. The number of rotatable bonds is 10. The van der Waals surface area contributed by atoms with Gasteiger partial charge in [0, 0.05) is 25.6 Å². The van der Waals surface area contributed by atoms with Crippen molar-refractivity contribution < 1.29 is 23.7 Å². The largest absolute Gasteiger partial charge is 0.493 e. The predicted molar refractivity (Wildman–Crippen MR) is 154 cm³/mol. The van der Waals surface area contributed by atoms with E-state index in [1.807, 2.05) is 17.0 Å².